The first-order valence-corrected chi connectivity index (χ1v) is 5.25. The number of aliphatic hydroxyl groups excluding tert-OH is 2. The molecule has 0 radical (unpaired) electrons. The summed E-state index contributed by atoms with van der Waals surface area (Å²) >= 11 is 5.91. The summed E-state index contributed by atoms with van der Waals surface area (Å²) in [6, 6.07) is 0. The zero-order valence-corrected chi connectivity index (χ0v) is 9.27. The summed E-state index contributed by atoms with van der Waals surface area (Å²) in [7, 11) is 0. The molecule has 1 aromatic rings. The highest BCUT2D eigenvalue weighted by Gasteiger charge is 2.46. The lowest BCUT2D eigenvalue weighted by Crippen LogP contribution is -2.30. The van der Waals surface area contributed by atoms with Gasteiger partial charge < -0.3 is 25.1 Å². The van der Waals surface area contributed by atoms with Gasteiger partial charge in [-0.15, -0.1) is 11.6 Å². The van der Waals surface area contributed by atoms with Crippen LogP contribution in [0.15, 0.2) is 12.4 Å². The van der Waals surface area contributed by atoms with Crippen LogP contribution in [0.1, 0.15) is 6.23 Å². The molecule has 1 unspecified atom stereocenters. The minimum absolute atomic E-state index is 0.413. The Hall–Kier alpha value is -1.22. The highest BCUT2D eigenvalue weighted by Crippen LogP contribution is 2.35. The Kier molecular flexibility index (Phi) is 3.29. The average Bonchev–Trinajstić information content (AvgIpc) is 2.86. The van der Waals surface area contributed by atoms with E-state index in [1.54, 1.807) is 0 Å². The van der Waals surface area contributed by atoms with Gasteiger partial charge in [0.2, 0.25) is 6.23 Å². The lowest BCUT2D eigenvalue weighted by Gasteiger charge is -2.12. The van der Waals surface area contributed by atoms with Gasteiger partial charge in [0.05, 0.1) is 6.61 Å². The van der Waals surface area contributed by atoms with Gasteiger partial charge in [-0.05, 0) is 4.92 Å². The van der Waals surface area contributed by atoms with Crippen molar-refractivity contribution in [1.29, 1.82) is 0 Å². The molecule has 1 aliphatic rings. The van der Waals surface area contributed by atoms with Gasteiger partial charge in [-0.3, -0.25) is 0 Å². The molecule has 0 amide bonds. The fourth-order valence-electron chi connectivity index (χ4n) is 1.72. The fourth-order valence-corrected chi connectivity index (χ4v) is 2.07. The zero-order chi connectivity index (χ0) is 12.6. The molecule has 1 aliphatic heterocycles. The maximum absolute atomic E-state index is 10.7. The summed E-state index contributed by atoms with van der Waals surface area (Å²) in [6.45, 7) is -0.413. The number of nitro groups is 1. The van der Waals surface area contributed by atoms with Gasteiger partial charge in [0.15, 0.2) is 0 Å². The second-order valence-electron chi connectivity index (χ2n) is 3.57. The van der Waals surface area contributed by atoms with Crippen molar-refractivity contribution in [1.82, 2.24) is 9.55 Å². The first-order valence-electron chi connectivity index (χ1n) is 4.82. The van der Waals surface area contributed by atoms with Crippen LogP contribution < -0.4 is 0 Å². The van der Waals surface area contributed by atoms with Crippen LogP contribution in [0.5, 0.6) is 0 Å². The van der Waals surface area contributed by atoms with Crippen LogP contribution in [0.3, 0.4) is 0 Å². The number of halogens is 1. The second-order valence-corrected chi connectivity index (χ2v) is 4.08. The smallest absolute Gasteiger partial charge is 0.394 e. The van der Waals surface area contributed by atoms with Crippen molar-refractivity contribution < 1.29 is 19.9 Å². The molecule has 2 N–H and O–H groups in total. The third-order valence-electron chi connectivity index (χ3n) is 2.56. The van der Waals surface area contributed by atoms with Crippen LogP contribution in [0.4, 0.5) is 5.95 Å². The van der Waals surface area contributed by atoms with Crippen LogP contribution >= 0.6 is 11.6 Å². The predicted molar refractivity (Wildman–Crippen MR) is 55.5 cm³/mol. The topological polar surface area (TPSA) is 111 Å². The van der Waals surface area contributed by atoms with Gasteiger partial charge in [0.1, 0.15) is 30.0 Å². The number of rotatable bonds is 3. The minimum atomic E-state index is -1.09. The SMILES string of the molecule is O=[N+]([O-])c1nccn1[C@@H]1OC(CO)[C@@H](O)[C@H]1Cl. The van der Waals surface area contributed by atoms with Gasteiger partial charge in [-0.25, -0.2) is 4.57 Å². The molecule has 1 fully saturated rings. The second kappa shape index (κ2) is 4.57. The van der Waals surface area contributed by atoms with E-state index in [0.717, 1.165) is 4.57 Å². The monoisotopic (exact) mass is 263 g/mol. The Morgan fingerprint density at radius 2 is 2.41 bits per heavy atom. The van der Waals surface area contributed by atoms with Crippen molar-refractivity contribution in [2.45, 2.75) is 23.8 Å². The van der Waals surface area contributed by atoms with Crippen molar-refractivity contribution in [3.05, 3.63) is 22.5 Å². The molecule has 0 saturated carbocycles. The van der Waals surface area contributed by atoms with E-state index in [9.17, 15) is 15.2 Å². The van der Waals surface area contributed by atoms with Gasteiger partial charge in [0, 0.05) is 0 Å². The van der Waals surface area contributed by atoms with Crippen LogP contribution in [-0.4, -0.2) is 48.9 Å². The van der Waals surface area contributed by atoms with E-state index in [1.165, 1.54) is 12.4 Å². The van der Waals surface area contributed by atoms with E-state index in [1.807, 2.05) is 0 Å². The van der Waals surface area contributed by atoms with Crippen molar-refractivity contribution in [2.24, 2.45) is 0 Å². The number of aromatic nitrogens is 2. The quantitative estimate of drug-likeness (QED) is 0.438. The first-order chi connectivity index (χ1) is 8.06. The van der Waals surface area contributed by atoms with Gasteiger partial charge >= 0.3 is 5.95 Å². The minimum Gasteiger partial charge on any atom is -0.394 e. The Labute approximate surface area is 101 Å². The zero-order valence-electron chi connectivity index (χ0n) is 8.51. The lowest BCUT2D eigenvalue weighted by atomic mass is 10.2. The predicted octanol–water partition coefficient (Wildman–Crippen LogP) is -0.351. The highest BCUT2D eigenvalue weighted by atomic mass is 35.5. The Morgan fingerprint density at radius 1 is 1.71 bits per heavy atom. The van der Waals surface area contributed by atoms with Crippen molar-refractivity contribution >= 4 is 17.5 Å². The number of aliphatic hydroxyl groups is 2. The largest absolute Gasteiger partial charge is 0.436 e. The van der Waals surface area contributed by atoms with E-state index < -0.39 is 41.3 Å². The number of alkyl halides is 1. The van der Waals surface area contributed by atoms with Crippen molar-refractivity contribution in [2.75, 3.05) is 6.61 Å². The van der Waals surface area contributed by atoms with Crippen molar-refractivity contribution in [3.8, 4) is 0 Å². The fraction of sp³-hybridized carbons (Fsp3) is 0.625. The molecule has 9 heteroatoms. The van der Waals surface area contributed by atoms with Gasteiger partial charge in [-0.1, -0.05) is 4.98 Å². The molecule has 8 nitrogen and oxygen atoms in total. The number of ether oxygens (including phenoxy) is 1. The number of imidazole rings is 1. The van der Waals surface area contributed by atoms with E-state index in [2.05, 4.69) is 4.98 Å². The van der Waals surface area contributed by atoms with Crippen molar-refractivity contribution in [3.63, 3.8) is 0 Å². The molecule has 0 aromatic carbocycles. The molecular formula is C8H10ClN3O5. The molecule has 0 bridgehead atoms. The van der Waals surface area contributed by atoms with E-state index in [-0.39, 0.29) is 0 Å². The molecule has 17 heavy (non-hydrogen) atoms. The molecule has 2 rings (SSSR count). The van der Waals surface area contributed by atoms with Gasteiger partial charge in [0.25, 0.3) is 0 Å². The Morgan fingerprint density at radius 3 is 2.94 bits per heavy atom. The maximum atomic E-state index is 10.7. The number of hydrogen-bond donors (Lipinski definition) is 2. The molecule has 1 saturated heterocycles. The third-order valence-corrected chi connectivity index (χ3v) is 3.03. The van der Waals surface area contributed by atoms with Crippen LogP contribution in [0.25, 0.3) is 0 Å². The van der Waals surface area contributed by atoms with E-state index in [4.69, 9.17) is 21.4 Å². The summed E-state index contributed by atoms with van der Waals surface area (Å²) < 4.78 is 6.38. The lowest BCUT2D eigenvalue weighted by molar-refractivity contribution is -0.398. The molecule has 0 spiro atoms. The average molecular weight is 264 g/mol. The van der Waals surface area contributed by atoms with Gasteiger partial charge in [-0.2, -0.15) is 0 Å². The number of hydrogen-bond acceptors (Lipinski definition) is 6. The molecule has 1 aromatic heterocycles. The van der Waals surface area contributed by atoms with E-state index >= 15 is 0 Å². The maximum Gasteiger partial charge on any atom is 0.436 e. The molecule has 2 heterocycles. The summed E-state index contributed by atoms with van der Waals surface area (Å²) in [5, 5.41) is 28.4. The normalized spacial score (nSPS) is 32.9. The van der Waals surface area contributed by atoms with Crippen LogP contribution in [-0.2, 0) is 4.74 Å². The number of nitrogens with zero attached hydrogens (tertiary/aromatic N) is 3. The Balaban J connectivity index is 2.29. The third kappa shape index (κ3) is 2.00. The molecule has 4 atom stereocenters. The summed E-state index contributed by atoms with van der Waals surface area (Å²) in [6.07, 6.45) is -0.293. The first kappa shape index (κ1) is 12.2. The summed E-state index contributed by atoms with van der Waals surface area (Å²) in [4.78, 5) is 13.6. The standard InChI is InChI=1S/C8H10ClN3O5/c9-5-6(14)4(3-13)17-7(5)11-2-1-10-8(11)12(15)16/h1-2,4-7,13-14H,3H2/t4?,5-,6-,7-/m1/s1. The summed E-state index contributed by atoms with van der Waals surface area (Å²) in [5.74, 6) is -0.425. The van der Waals surface area contributed by atoms with Crippen LogP contribution in [0.2, 0.25) is 0 Å². The van der Waals surface area contributed by atoms with E-state index in [0.29, 0.717) is 0 Å². The summed E-state index contributed by atoms with van der Waals surface area (Å²) in [5.41, 5.74) is 0. The Bertz CT molecular complexity index is 425. The molecule has 0 aliphatic carbocycles. The molecule has 94 valence electrons. The van der Waals surface area contributed by atoms with Crippen LogP contribution in [0, 0.1) is 10.1 Å². The highest BCUT2D eigenvalue weighted by molar-refractivity contribution is 6.21. The molecular weight excluding hydrogens is 254 g/mol.